The van der Waals surface area contributed by atoms with Crippen LogP contribution in [0.3, 0.4) is 0 Å². The molecule has 4 rings (SSSR count). The van der Waals surface area contributed by atoms with Crippen LogP contribution in [0, 0.1) is 0 Å². The number of methoxy groups -OCH3 is 1. The standard InChI is InChI=1S/C28H31N3O3/c1-34-26-13-7-6-12-23(26)28(33)30-22-14-15-25(31-18-8-3-9-19-31)24(20-22)27(32)29-17-16-21-10-4-2-5-11-21/h2,4-7,10-15,20H,3,8-9,16-19H2,1H3,(H,29,32)(H,30,33). The zero-order chi connectivity index (χ0) is 23.8. The van der Waals surface area contributed by atoms with E-state index in [1.165, 1.54) is 19.1 Å². The molecule has 1 aliphatic heterocycles. The van der Waals surface area contributed by atoms with Crippen molar-refractivity contribution in [1.82, 2.24) is 5.32 Å². The Bertz CT molecular complexity index is 1120. The van der Waals surface area contributed by atoms with E-state index in [2.05, 4.69) is 27.7 Å². The summed E-state index contributed by atoms with van der Waals surface area (Å²) >= 11 is 0. The number of hydrogen-bond acceptors (Lipinski definition) is 4. The summed E-state index contributed by atoms with van der Waals surface area (Å²) in [6, 6.07) is 22.7. The lowest BCUT2D eigenvalue weighted by molar-refractivity contribution is 0.0953. The van der Waals surface area contributed by atoms with Crippen LogP contribution < -0.4 is 20.3 Å². The lowest BCUT2D eigenvalue weighted by Gasteiger charge is -2.30. The Kier molecular flexibility index (Phi) is 7.81. The van der Waals surface area contributed by atoms with E-state index >= 15 is 0 Å². The summed E-state index contributed by atoms with van der Waals surface area (Å²) < 4.78 is 5.31. The number of nitrogens with one attached hydrogen (secondary N) is 2. The van der Waals surface area contributed by atoms with Crippen molar-refractivity contribution in [2.24, 2.45) is 0 Å². The van der Waals surface area contributed by atoms with Crippen LogP contribution in [0.25, 0.3) is 0 Å². The lowest BCUT2D eigenvalue weighted by atomic mass is 10.1. The van der Waals surface area contributed by atoms with Gasteiger partial charge in [0.25, 0.3) is 11.8 Å². The number of para-hydroxylation sites is 1. The molecule has 1 heterocycles. The van der Waals surface area contributed by atoms with Gasteiger partial charge in [-0.25, -0.2) is 0 Å². The van der Waals surface area contributed by atoms with Crippen molar-refractivity contribution >= 4 is 23.2 Å². The molecule has 34 heavy (non-hydrogen) atoms. The van der Waals surface area contributed by atoms with Gasteiger partial charge in [-0.3, -0.25) is 9.59 Å². The number of rotatable bonds is 8. The number of hydrogen-bond donors (Lipinski definition) is 2. The molecule has 176 valence electrons. The normalized spacial score (nSPS) is 13.3. The SMILES string of the molecule is COc1ccccc1C(=O)Nc1ccc(N2CCCCC2)c(C(=O)NCCc2ccccc2)c1. The van der Waals surface area contributed by atoms with Crippen molar-refractivity contribution in [3.63, 3.8) is 0 Å². The van der Waals surface area contributed by atoms with Gasteiger partial charge in [0.15, 0.2) is 0 Å². The Labute approximate surface area is 200 Å². The van der Waals surface area contributed by atoms with E-state index in [0.717, 1.165) is 38.0 Å². The second-order valence-corrected chi connectivity index (χ2v) is 8.43. The van der Waals surface area contributed by atoms with E-state index in [0.29, 0.717) is 29.1 Å². The third-order valence-corrected chi connectivity index (χ3v) is 6.09. The first kappa shape index (κ1) is 23.4. The number of piperidine rings is 1. The summed E-state index contributed by atoms with van der Waals surface area (Å²) in [5.41, 5.74) is 3.68. The van der Waals surface area contributed by atoms with E-state index in [-0.39, 0.29) is 11.8 Å². The van der Waals surface area contributed by atoms with E-state index in [4.69, 9.17) is 4.74 Å². The molecule has 1 fully saturated rings. The molecule has 0 atom stereocenters. The van der Waals surface area contributed by atoms with Crippen LogP contribution in [0.4, 0.5) is 11.4 Å². The Morgan fingerprint density at radius 3 is 2.35 bits per heavy atom. The number of carbonyl (C=O) groups excluding carboxylic acids is 2. The molecule has 0 spiro atoms. The predicted octanol–water partition coefficient (Wildman–Crippen LogP) is 4.91. The molecular formula is C28H31N3O3. The van der Waals surface area contributed by atoms with Crippen LogP contribution in [0.2, 0.25) is 0 Å². The highest BCUT2D eigenvalue weighted by Gasteiger charge is 2.20. The van der Waals surface area contributed by atoms with Crippen LogP contribution in [0.5, 0.6) is 5.75 Å². The topological polar surface area (TPSA) is 70.7 Å². The first-order valence-corrected chi connectivity index (χ1v) is 11.8. The fraction of sp³-hybridized carbons (Fsp3) is 0.286. The maximum atomic E-state index is 13.2. The van der Waals surface area contributed by atoms with Gasteiger partial charge >= 0.3 is 0 Å². The van der Waals surface area contributed by atoms with Gasteiger partial charge in [0.1, 0.15) is 5.75 Å². The van der Waals surface area contributed by atoms with Crippen LogP contribution in [0.15, 0.2) is 72.8 Å². The minimum absolute atomic E-state index is 0.134. The second kappa shape index (κ2) is 11.4. The highest BCUT2D eigenvalue weighted by molar-refractivity contribution is 6.07. The fourth-order valence-electron chi connectivity index (χ4n) is 4.30. The summed E-state index contributed by atoms with van der Waals surface area (Å²) in [4.78, 5) is 28.4. The maximum absolute atomic E-state index is 13.2. The van der Waals surface area contributed by atoms with Crippen LogP contribution >= 0.6 is 0 Å². The van der Waals surface area contributed by atoms with Crippen molar-refractivity contribution in [3.05, 3.63) is 89.5 Å². The van der Waals surface area contributed by atoms with Crippen molar-refractivity contribution in [3.8, 4) is 5.75 Å². The Morgan fingerprint density at radius 1 is 0.853 bits per heavy atom. The first-order valence-electron chi connectivity index (χ1n) is 11.8. The number of nitrogens with zero attached hydrogens (tertiary/aromatic N) is 1. The Hall–Kier alpha value is -3.80. The third kappa shape index (κ3) is 5.76. The van der Waals surface area contributed by atoms with Gasteiger partial charge in [0.2, 0.25) is 0 Å². The Morgan fingerprint density at radius 2 is 1.59 bits per heavy atom. The summed E-state index contributed by atoms with van der Waals surface area (Å²) in [6.07, 6.45) is 4.20. The van der Waals surface area contributed by atoms with Gasteiger partial charge in [-0.2, -0.15) is 0 Å². The van der Waals surface area contributed by atoms with Gasteiger partial charge in [-0.1, -0.05) is 42.5 Å². The van der Waals surface area contributed by atoms with E-state index in [1.54, 1.807) is 24.3 Å². The van der Waals surface area contributed by atoms with Crippen molar-refractivity contribution in [2.45, 2.75) is 25.7 Å². The highest BCUT2D eigenvalue weighted by atomic mass is 16.5. The van der Waals surface area contributed by atoms with Gasteiger partial charge in [0.05, 0.1) is 18.2 Å². The second-order valence-electron chi connectivity index (χ2n) is 8.43. The molecule has 6 nitrogen and oxygen atoms in total. The highest BCUT2D eigenvalue weighted by Crippen LogP contribution is 2.28. The largest absolute Gasteiger partial charge is 0.496 e. The van der Waals surface area contributed by atoms with E-state index < -0.39 is 0 Å². The fourth-order valence-corrected chi connectivity index (χ4v) is 4.30. The molecule has 2 N–H and O–H groups in total. The zero-order valence-electron chi connectivity index (χ0n) is 19.5. The van der Waals surface area contributed by atoms with Crippen molar-refractivity contribution in [2.75, 3.05) is 37.0 Å². The number of amides is 2. The maximum Gasteiger partial charge on any atom is 0.259 e. The number of anilines is 2. The summed E-state index contributed by atoms with van der Waals surface area (Å²) in [5, 5.41) is 5.98. The van der Waals surface area contributed by atoms with Crippen molar-refractivity contribution in [1.29, 1.82) is 0 Å². The quantitative estimate of drug-likeness (QED) is 0.504. The summed E-state index contributed by atoms with van der Waals surface area (Å²) in [5.74, 6) is 0.0901. The average Bonchev–Trinajstić information content (AvgIpc) is 2.89. The smallest absolute Gasteiger partial charge is 0.259 e. The van der Waals surface area contributed by atoms with Gasteiger partial charge < -0.3 is 20.3 Å². The third-order valence-electron chi connectivity index (χ3n) is 6.09. The lowest BCUT2D eigenvalue weighted by Crippen LogP contribution is -2.33. The number of carbonyl (C=O) groups is 2. The van der Waals surface area contributed by atoms with E-state index in [1.807, 2.05) is 36.4 Å². The molecule has 2 amide bonds. The average molecular weight is 458 g/mol. The molecule has 0 unspecified atom stereocenters. The zero-order valence-corrected chi connectivity index (χ0v) is 19.5. The van der Waals surface area contributed by atoms with Gasteiger partial charge in [-0.05, 0) is 61.6 Å². The summed E-state index contributed by atoms with van der Waals surface area (Å²) in [7, 11) is 1.54. The van der Waals surface area contributed by atoms with E-state index in [9.17, 15) is 9.59 Å². The van der Waals surface area contributed by atoms with Crippen LogP contribution in [0.1, 0.15) is 45.5 Å². The monoisotopic (exact) mass is 457 g/mol. The molecule has 0 bridgehead atoms. The van der Waals surface area contributed by atoms with Crippen LogP contribution in [-0.4, -0.2) is 38.6 Å². The number of ether oxygens (including phenoxy) is 1. The number of benzene rings is 3. The molecule has 0 saturated carbocycles. The minimum Gasteiger partial charge on any atom is -0.496 e. The van der Waals surface area contributed by atoms with Gasteiger partial charge in [0, 0.05) is 31.0 Å². The van der Waals surface area contributed by atoms with Crippen molar-refractivity contribution < 1.29 is 14.3 Å². The molecule has 3 aromatic rings. The molecule has 0 radical (unpaired) electrons. The molecule has 1 saturated heterocycles. The molecule has 1 aliphatic rings. The molecular weight excluding hydrogens is 426 g/mol. The van der Waals surface area contributed by atoms with Gasteiger partial charge in [-0.15, -0.1) is 0 Å². The summed E-state index contributed by atoms with van der Waals surface area (Å²) in [6.45, 7) is 2.40. The minimum atomic E-state index is -0.279. The first-order chi connectivity index (χ1) is 16.7. The molecule has 6 heteroatoms. The predicted molar refractivity (Wildman–Crippen MR) is 136 cm³/mol. The molecule has 0 aliphatic carbocycles. The molecule has 0 aromatic heterocycles. The van der Waals surface area contributed by atoms with Crippen LogP contribution in [-0.2, 0) is 6.42 Å². The molecule has 3 aromatic carbocycles. The Balaban J connectivity index is 1.53.